The lowest BCUT2D eigenvalue weighted by molar-refractivity contribution is -0.191. The third kappa shape index (κ3) is 300. The van der Waals surface area contributed by atoms with E-state index in [4.69, 9.17) is 34.2 Å². The molecule has 0 saturated heterocycles. The van der Waals surface area contributed by atoms with Crippen molar-refractivity contribution in [1.29, 1.82) is 0 Å². The number of carbonyl (C=O) groups excluding carboxylic acids is 3. The van der Waals surface area contributed by atoms with Crippen molar-refractivity contribution in [2.75, 3.05) is 0 Å². The second kappa shape index (κ2) is 59.7. The topological polar surface area (TPSA) is 331 Å². The smallest absolute Gasteiger partial charge is 0.402 e. The molecule has 0 spiro atoms. The van der Waals surface area contributed by atoms with Crippen LogP contribution in [-0.2, 0) is 9.59 Å². The van der Waals surface area contributed by atoms with E-state index in [2.05, 4.69) is 22.9 Å². The summed E-state index contributed by atoms with van der Waals surface area (Å²) in [6.45, 7) is 0. The normalized spacial score (nSPS) is 4.21. The average Bonchev–Trinajstić information content (AvgIpc) is 1.81. The van der Waals surface area contributed by atoms with E-state index in [9.17, 15) is 0 Å². The summed E-state index contributed by atoms with van der Waals surface area (Å²) in [5, 5.41) is 14.4. The van der Waals surface area contributed by atoms with Crippen molar-refractivity contribution < 1.29 is 39.7 Å². The number of carboxylic acid groups (broad SMARTS) is 2. The molecular weight excluding hydrogens is 272 g/mol. The van der Waals surface area contributed by atoms with Crippen molar-refractivity contribution in [2.45, 2.75) is 7.43 Å². The summed E-state index contributed by atoms with van der Waals surface area (Å²) < 4.78 is 0. The number of hydrogen-bond acceptors (Lipinski definition) is 7. The summed E-state index contributed by atoms with van der Waals surface area (Å²) in [7, 11) is 0. The molecule has 0 bridgehead atoms. The van der Waals surface area contributed by atoms with Gasteiger partial charge in [-0.2, -0.15) is 9.59 Å². The van der Waals surface area contributed by atoms with Gasteiger partial charge < -0.3 is 50.9 Å². The van der Waals surface area contributed by atoms with Crippen LogP contribution in [0.1, 0.15) is 7.43 Å². The minimum absolute atomic E-state index is 0. The quantitative estimate of drug-likeness (QED) is 0.240. The van der Waals surface area contributed by atoms with Gasteiger partial charge in [0.05, 0.1) is 0 Å². The molecule has 120 valence electrons. The molecule has 0 aromatic carbocycles. The second-order valence-electron chi connectivity index (χ2n) is 1.16. The van der Waals surface area contributed by atoms with Crippen molar-refractivity contribution >= 4 is 24.4 Å². The molecule has 0 rings (SSSR count). The Morgan fingerprint density at radius 2 is 0.789 bits per heavy atom. The number of hydrogen-bond donors (Lipinski definition) is 8. The predicted molar refractivity (Wildman–Crippen MR) is 63.6 cm³/mol. The van der Waals surface area contributed by atoms with Crippen LogP contribution in [0.25, 0.3) is 0 Å². The standard InChI is InChI=1S/CH4N2O.2CH3NO2.CO2.CH4.2H3N.H2O/c3*2-1(3)4;2-1-3;;;;/h(H4,2,3,4);2*2H2,(H,3,4);;1H4;2*1H3;1H2. The van der Waals surface area contributed by atoms with Crippen LogP contribution in [0.5, 0.6) is 0 Å². The number of carbonyl (C=O) groups is 3. The van der Waals surface area contributed by atoms with Crippen LogP contribution in [0.3, 0.4) is 0 Å². The number of urea groups is 1. The van der Waals surface area contributed by atoms with E-state index in [0.717, 1.165) is 0 Å². The van der Waals surface area contributed by atoms with Gasteiger partial charge in [0.25, 0.3) is 0 Å². The molecule has 4 amide bonds. The van der Waals surface area contributed by atoms with E-state index >= 15 is 0 Å². The summed E-state index contributed by atoms with van der Waals surface area (Å²) in [6, 6.07) is -0.833. The Bertz CT molecular complexity index is 187. The fraction of sp³-hybridized carbons (Fsp3) is 0.200. The average molecular weight is 294 g/mol. The molecule has 0 radical (unpaired) electrons. The van der Waals surface area contributed by atoms with Crippen LogP contribution in [0, 0.1) is 0 Å². The highest BCUT2D eigenvalue weighted by Crippen LogP contribution is 1.35. The first kappa shape index (κ1) is 56.0. The third-order valence-electron chi connectivity index (χ3n) is 0. The number of rotatable bonds is 0. The SMILES string of the molecule is C.N.N.NC(=O)O.NC(=O)O.NC(N)=O.O.O=C=O. The molecule has 0 aliphatic carbocycles. The first-order valence-electron chi connectivity index (χ1n) is 2.62. The zero-order chi connectivity index (χ0) is 13.4. The fourth-order valence-corrected chi connectivity index (χ4v) is 0. The highest BCUT2D eigenvalue weighted by Gasteiger charge is 1.65. The summed E-state index contributed by atoms with van der Waals surface area (Å²) in [6.07, 6.45) is -2.42. The van der Waals surface area contributed by atoms with Crippen molar-refractivity contribution in [1.82, 2.24) is 12.3 Å². The van der Waals surface area contributed by atoms with Gasteiger partial charge in [0.2, 0.25) is 0 Å². The lowest BCUT2D eigenvalue weighted by Gasteiger charge is -1.62. The lowest BCUT2D eigenvalue weighted by Crippen LogP contribution is -2.18. The third-order valence-corrected chi connectivity index (χ3v) is 0. The Hall–Kier alpha value is -2.93. The van der Waals surface area contributed by atoms with Crippen molar-refractivity contribution in [3.8, 4) is 0 Å². The van der Waals surface area contributed by atoms with Crippen LogP contribution >= 0.6 is 0 Å². The highest BCUT2D eigenvalue weighted by molar-refractivity contribution is 5.69. The maximum atomic E-state index is 9.00. The van der Waals surface area contributed by atoms with Crippen LogP contribution in [-0.4, -0.2) is 40.1 Å². The highest BCUT2D eigenvalue weighted by atomic mass is 16.4. The van der Waals surface area contributed by atoms with Gasteiger partial charge in [-0.15, -0.1) is 0 Å². The summed E-state index contributed by atoms with van der Waals surface area (Å²) in [5.74, 6) is 0. The molecule has 0 atom stereocenters. The lowest BCUT2D eigenvalue weighted by atomic mass is 11.2. The van der Waals surface area contributed by atoms with Gasteiger partial charge in [-0.3, -0.25) is 0 Å². The van der Waals surface area contributed by atoms with Crippen LogP contribution in [0.2, 0.25) is 0 Å². The zero-order valence-corrected chi connectivity index (χ0v) is 9.16. The number of amides is 4. The predicted octanol–water partition coefficient (Wildman–Crippen LogP) is -2.18. The summed E-state index contributed by atoms with van der Waals surface area (Å²) >= 11 is 0. The molecule has 19 heavy (non-hydrogen) atoms. The first-order chi connectivity index (χ1) is 6.61. The first-order valence-corrected chi connectivity index (χ1v) is 2.62. The van der Waals surface area contributed by atoms with E-state index in [1.165, 1.54) is 0 Å². The van der Waals surface area contributed by atoms with Crippen LogP contribution in [0.4, 0.5) is 14.4 Å². The fourth-order valence-electron chi connectivity index (χ4n) is 0. The Morgan fingerprint density at radius 3 is 0.789 bits per heavy atom. The Kier molecular flexibility index (Phi) is 176. The van der Waals surface area contributed by atoms with Crippen LogP contribution in [0.15, 0.2) is 0 Å². The molecule has 0 saturated carbocycles. The number of nitrogens with two attached hydrogens (primary N) is 4. The minimum atomic E-state index is -1.33. The van der Waals surface area contributed by atoms with Gasteiger partial charge >= 0.3 is 24.4 Å². The van der Waals surface area contributed by atoms with E-state index in [1.807, 2.05) is 0 Å². The molecule has 0 fully saturated rings. The Morgan fingerprint density at radius 1 is 0.789 bits per heavy atom. The van der Waals surface area contributed by atoms with Crippen molar-refractivity contribution in [3.63, 3.8) is 0 Å². The molecular formula is C5H22N6O8. The second-order valence-corrected chi connectivity index (χ2v) is 1.16. The minimum Gasteiger partial charge on any atom is -0.465 e. The van der Waals surface area contributed by atoms with Gasteiger partial charge in [-0.05, 0) is 0 Å². The molecule has 18 N–H and O–H groups in total. The van der Waals surface area contributed by atoms with E-state index < -0.39 is 18.2 Å². The molecule has 0 aliphatic rings. The Balaban J connectivity index is -0.0000000133. The van der Waals surface area contributed by atoms with Gasteiger partial charge in [0.15, 0.2) is 0 Å². The van der Waals surface area contributed by atoms with Crippen LogP contribution < -0.4 is 35.2 Å². The molecule has 0 aromatic rings. The van der Waals surface area contributed by atoms with E-state index in [-0.39, 0.29) is 31.4 Å². The molecule has 0 aliphatic heterocycles. The molecule has 14 nitrogen and oxygen atoms in total. The van der Waals surface area contributed by atoms with E-state index in [0.29, 0.717) is 0 Å². The van der Waals surface area contributed by atoms with Crippen molar-refractivity contribution in [2.24, 2.45) is 22.9 Å². The monoisotopic (exact) mass is 294 g/mol. The largest absolute Gasteiger partial charge is 0.465 e. The van der Waals surface area contributed by atoms with Gasteiger partial charge in [-0.25, -0.2) is 14.4 Å². The van der Waals surface area contributed by atoms with Crippen molar-refractivity contribution in [3.05, 3.63) is 0 Å². The molecule has 0 heterocycles. The number of primary amides is 4. The van der Waals surface area contributed by atoms with Gasteiger partial charge in [0, 0.05) is 0 Å². The van der Waals surface area contributed by atoms with E-state index in [1.54, 1.807) is 0 Å². The zero-order valence-electron chi connectivity index (χ0n) is 9.16. The molecule has 0 aromatic heterocycles. The molecule has 0 unspecified atom stereocenters. The molecule has 14 heteroatoms. The summed E-state index contributed by atoms with van der Waals surface area (Å²) in [4.78, 5) is 42.8. The maximum absolute atomic E-state index is 9.00. The van der Waals surface area contributed by atoms with Gasteiger partial charge in [0.1, 0.15) is 0 Å². The van der Waals surface area contributed by atoms with Gasteiger partial charge in [-0.1, -0.05) is 7.43 Å². The summed E-state index contributed by atoms with van der Waals surface area (Å²) in [5.41, 5.74) is 16.6. The Labute approximate surface area is 108 Å². The maximum Gasteiger partial charge on any atom is 0.402 e.